The number of hydrogen-bond acceptors (Lipinski definition) is 3. The van der Waals surface area contributed by atoms with E-state index >= 15 is 0 Å². The molecule has 4 rings (SSSR count). The molecule has 6 nitrogen and oxygen atoms in total. The number of carbonyl (C=O) groups is 2. The Morgan fingerprint density at radius 2 is 1.53 bits per heavy atom. The van der Waals surface area contributed by atoms with Gasteiger partial charge in [-0.05, 0) is 43.7 Å². The monoisotopic (exact) mass is 424 g/mol. The van der Waals surface area contributed by atoms with E-state index in [0.29, 0.717) is 28.1 Å². The number of nitrogens with one attached hydrogen (secondary N) is 2. The smallest absolute Gasteiger partial charge is 0.259 e. The molecule has 0 saturated carbocycles. The number of aryl methyl sites for hydroxylation is 1. The minimum absolute atomic E-state index is 0.198. The lowest BCUT2D eigenvalue weighted by molar-refractivity contribution is 0.0960. The highest BCUT2D eigenvalue weighted by molar-refractivity contribution is 6.09. The Bertz CT molecular complexity index is 1280. The van der Waals surface area contributed by atoms with Gasteiger partial charge in [0.2, 0.25) is 0 Å². The molecule has 0 aliphatic carbocycles. The van der Waals surface area contributed by atoms with Gasteiger partial charge < -0.3 is 10.6 Å². The predicted octanol–water partition coefficient (Wildman–Crippen LogP) is 4.77. The van der Waals surface area contributed by atoms with E-state index in [2.05, 4.69) is 10.6 Å². The number of nitrogens with zero attached hydrogens (tertiary/aromatic N) is 2. The van der Waals surface area contributed by atoms with Crippen LogP contribution in [0.5, 0.6) is 0 Å². The standard InChI is InChI=1S/C26H24N4O2/c1-17-12-14-20(15-13-17)30-16-22(24(29-30)19-8-5-4-6-9-19)26(32)28-23-11-7-10-21(18(23)2)25(31)27-3/h4-16H,1-3H3,(H,27,31)(H,28,32). The Morgan fingerprint density at radius 3 is 2.22 bits per heavy atom. The van der Waals surface area contributed by atoms with E-state index in [4.69, 9.17) is 5.10 Å². The van der Waals surface area contributed by atoms with Crippen LogP contribution in [-0.4, -0.2) is 28.6 Å². The van der Waals surface area contributed by atoms with E-state index in [1.165, 1.54) is 0 Å². The molecule has 0 atom stereocenters. The molecule has 0 saturated heterocycles. The van der Waals surface area contributed by atoms with E-state index in [-0.39, 0.29) is 11.8 Å². The number of anilines is 1. The lowest BCUT2D eigenvalue weighted by Gasteiger charge is -2.12. The fourth-order valence-electron chi connectivity index (χ4n) is 3.52. The Labute approximate surface area is 186 Å². The molecule has 0 aliphatic heterocycles. The Hall–Kier alpha value is -4.19. The summed E-state index contributed by atoms with van der Waals surface area (Å²) in [4.78, 5) is 25.5. The molecule has 6 heteroatoms. The van der Waals surface area contributed by atoms with E-state index in [9.17, 15) is 9.59 Å². The summed E-state index contributed by atoms with van der Waals surface area (Å²) < 4.78 is 1.71. The summed E-state index contributed by atoms with van der Waals surface area (Å²) >= 11 is 0. The first-order chi connectivity index (χ1) is 15.5. The Morgan fingerprint density at radius 1 is 0.812 bits per heavy atom. The van der Waals surface area contributed by atoms with Crippen LogP contribution in [0, 0.1) is 13.8 Å². The number of benzene rings is 3. The van der Waals surface area contributed by atoms with Gasteiger partial charge in [-0.2, -0.15) is 5.10 Å². The third kappa shape index (κ3) is 4.16. The number of carbonyl (C=O) groups excluding carboxylic acids is 2. The first kappa shape index (κ1) is 21.1. The van der Waals surface area contributed by atoms with Gasteiger partial charge in [0.1, 0.15) is 5.69 Å². The molecule has 4 aromatic rings. The second kappa shape index (κ2) is 8.89. The molecular weight excluding hydrogens is 400 g/mol. The van der Waals surface area contributed by atoms with Crippen LogP contribution >= 0.6 is 0 Å². The average molecular weight is 425 g/mol. The molecule has 32 heavy (non-hydrogen) atoms. The van der Waals surface area contributed by atoms with E-state index in [0.717, 1.165) is 16.8 Å². The fourth-order valence-corrected chi connectivity index (χ4v) is 3.52. The third-order valence-electron chi connectivity index (χ3n) is 5.36. The van der Waals surface area contributed by atoms with Crippen LogP contribution in [0.4, 0.5) is 5.69 Å². The zero-order valence-corrected chi connectivity index (χ0v) is 18.2. The van der Waals surface area contributed by atoms with Gasteiger partial charge in [0.15, 0.2) is 0 Å². The molecule has 160 valence electrons. The van der Waals surface area contributed by atoms with Crippen molar-refractivity contribution < 1.29 is 9.59 Å². The van der Waals surface area contributed by atoms with Crippen LogP contribution < -0.4 is 10.6 Å². The van der Waals surface area contributed by atoms with E-state index in [1.807, 2.05) is 68.4 Å². The van der Waals surface area contributed by atoms with E-state index in [1.54, 1.807) is 36.1 Å². The van der Waals surface area contributed by atoms with Crippen molar-refractivity contribution in [1.82, 2.24) is 15.1 Å². The zero-order chi connectivity index (χ0) is 22.7. The van der Waals surface area contributed by atoms with Crippen LogP contribution in [-0.2, 0) is 0 Å². The highest BCUT2D eigenvalue weighted by Crippen LogP contribution is 2.26. The summed E-state index contributed by atoms with van der Waals surface area (Å²) in [5.74, 6) is -0.491. The average Bonchev–Trinajstić information content (AvgIpc) is 3.26. The number of hydrogen-bond donors (Lipinski definition) is 2. The molecule has 0 aliphatic rings. The van der Waals surface area contributed by atoms with Crippen molar-refractivity contribution >= 4 is 17.5 Å². The molecule has 0 fully saturated rings. The molecule has 2 amide bonds. The molecule has 2 N–H and O–H groups in total. The lowest BCUT2D eigenvalue weighted by atomic mass is 10.0. The predicted molar refractivity (Wildman–Crippen MR) is 126 cm³/mol. The van der Waals surface area contributed by atoms with Crippen LogP contribution in [0.25, 0.3) is 16.9 Å². The van der Waals surface area contributed by atoms with Gasteiger partial charge in [-0.3, -0.25) is 9.59 Å². The van der Waals surface area contributed by atoms with Crippen molar-refractivity contribution in [2.45, 2.75) is 13.8 Å². The van der Waals surface area contributed by atoms with Crippen molar-refractivity contribution in [3.63, 3.8) is 0 Å². The van der Waals surface area contributed by atoms with Crippen molar-refractivity contribution in [3.05, 3.63) is 101 Å². The van der Waals surface area contributed by atoms with Gasteiger partial charge in [-0.15, -0.1) is 0 Å². The SMILES string of the molecule is CNC(=O)c1cccc(NC(=O)c2cn(-c3ccc(C)cc3)nc2-c2ccccc2)c1C. The van der Waals surface area contributed by atoms with Gasteiger partial charge in [0.05, 0.1) is 11.3 Å². The fraction of sp³-hybridized carbons (Fsp3) is 0.115. The summed E-state index contributed by atoms with van der Waals surface area (Å²) in [6, 6.07) is 22.8. The quantitative estimate of drug-likeness (QED) is 0.485. The Kier molecular flexibility index (Phi) is 5.85. The highest BCUT2D eigenvalue weighted by atomic mass is 16.2. The maximum Gasteiger partial charge on any atom is 0.259 e. The zero-order valence-electron chi connectivity index (χ0n) is 18.2. The summed E-state index contributed by atoms with van der Waals surface area (Å²) in [5.41, 5.74) is 5.69. The van der Waals surface area contributed by atoms with Gasteiger partial charge in [-0.1, -0.05) is 54.1 Å². The van der Waals surface area contributed by atoms with Crippen molar-refractivity contribution in [2.24, 2.45) is 0 Å². The minimum Gasteiger partial charge on any atom is -0.355 e. The van der Waals surface area contributed by atoms with Crippen molar-refractivity contribution in [1.29, 1.82) is 0 Å². The van der Waals surface area contributed by atoms with Crippen LogP contribution in [0.3, 0.4) is 0 Å². The molecule has 1 heterocycles. The molecule has 0 spiro atoms. The summed E-state index contributed by atoms with van der Waals surface area (Å²) in [7, 11) is 1.58. The van der Waals surface area contributed by atoms with Gasteiger partial charge in [0, 0.05) is 30.1 Å². The summed E-state index contributed by atoms with van der Waals surface area (Å²) in [5, 5.41) is 10.3. The second-order valence-electron chi connectivity index (χ2n) is 7.55. The molecule has 1 aromatic heterocycles. The molecule has 0 radical (unpaired) electrons. The highest BCUT2D eigenvalue weighted by Gasteiger charge is 2.20. The number of rotatable bonds is 5. The van der Waals surface area contributed by atoms with Gasteiger partial charge in [0.25, 0.3) is 11.8 Å². The summed E-state index contributed by atoms with van der Waals surface area (Å²) in [6.45, 7) is 3.84. The van der Waals surface area contributed by atoms with Gasteiger partial charge in [-0.25, -0.2) is 4.68 Å². The van der Waals surface area contributed by atoms with Gasteiger partial charge >= 0.3 is 0 Å². The van der Waals surface area contributed by atoms with E-state index < -0.39 is 0 Å². The minimum atomic E-state index is -0.292. The van der Waals surface area contributed by atoms with Crippen molar-refractivity contribution in [2.75, 3.05) is 12.4 Å². The molecular formula is C26H24N4O2. The third-order valence-corrected chi connectivity index (χ3v) is 5.36. The number of amides is 2. The summed E-state index contributed by atoms with van der Waals surface area (Å²) in [6.07, 6.45) is 1.74. The van der Waals surface area contributed by atoms with Crippen LogP contribution in [0.2, 0.25) is 0 Å². The van der Waals surface area contributed by atoms with Crippen LogP contribution in [0.15, 0.2) is 79.0 Å². The first-order valence-electron chi connectivity index (χ1n) is 10.3. The molecule has 0 unspecified atom stereocenters. The maximum atomic E-state index is 13.3. The molecule has 0 bridgehead atoms. The van der Waals surface area contributed by atoms with Crippen molar-refractivity contribution in [3.8, 4) is 16.9 Å². The normalized spacial score (nSPS) is 10.6. The molecule has 3 aromatic carbocycles. The van der Waals surface area contributed by atoms with Crippen LogP contribution in [0.1, 0.15) is 31.8 Å². The second-order valence-corrected chi connectivity index (χ2v) is 7.55. The topological polar surface area (TPSA) is 76.0 Å². The largest absolute Gasteiger partial charge is 0.355 e. The first-order valence-corrected chi connectivity index (χ1v) is 10.3. The Balaban J connectivity index is 1.75. The number of aromatic nitrogens is 2. The lowest BCUT2D eigenvalue weighted by Crippen LogP contribution is -2.20. The maximum absolute atomic E-state index is 13.3.